The molecule has 0 bridgehead atoms. The smallest absolute Gasteiger partial charge is 0.418 e. The molecule has 0 saturated heterocycles. The van der Waals surface area contributed by atoms with Crippen LogP contribution < -0.4 is 0 Å². The third kappa shape index (κ3) is 6.01. The number of carbonyl (C=O) groups excluding carboxylic acids is 3. The molecule has 0 spiro atoms. The number of nitrogens with zero attached hydrogens (tertiary/aromatic N) is 1. The van der Waals surface area contributed by atoms with Crippen molar-refractivity contribution in [2.45, 2.75) is 59.9 Å². The highest BCUT2D eigenvalue weighted by Crippen LogP contribution is 2.36. The highest BCUT2D eigenvalue weighted by atomic mass is 16.6. The van der Waals surface area contributed by atoms with Crippen LogP contribution in [-0.2, 0) is 67.5 Å². The van der Waals surface area contributed by atoms with Crippen molar-refractivity contribution in [3.63, 3.8) is 0 Å². The molecule has 0 amide bonds. The molecule has 0 radical (unpaired) electrons. The Labute approximate surface area is 244 Å². The Kier molecular flexibility index (Phi) is 10.3. The summed E-state index contributed by atoms with van der Waals surface area (Å²) < 4.78 is 34.2. The molecule has 42 heavy (non-hydrogen) atoms. The van der Waals surface area contributed by atoms with Gasteiger partial charge in [-0.15, -0.1) is 0 Å². The summed E-state index contributed by atoms with van der Waals surface area (Å²) in [7, 11) is 4.71. The zero-order valence-corrected chi connectivity index (χ0v) is 25.1. The van der Waals surface area contributed by atoms with Crippen LogP contribution in [0.15, 0.2) is 6.20 Å². The fourth-order valence-corrected chi connectivity index (χ4v) is 5.57. The van der Waals surface area contributed by atoms with Gasteiger partial charge in [-0.05, 0) is 43.0 Å². The number of ether oxygens (including phenoxy) is 6. The number of aromatic nitrogens is 3. The molecule has 0 unspecified atom stereocenters. The van der Waals surface area contributed by atoms with Gasteiger partial charge in [-0.3, -0.25) is 4.57 Å². The molecule has 3 heterocycles. The highest BCUT2D eigenvalue weighted by Gasteiger charge is 2.32. The summed E-state index contributed by atoms with van der Waals surface area (Å²) in [6, 6.07) is 0. The number of methoxy groups -OCH3 is 3. The molecule has 0 saturated carbocycles. The summed E-state index contributed by atoms with van der Waals surface area (Å²) in [6.07, 6.45) is 2.23. The van der Waals surface area contributed by atoms with E-state index in [4.69, 9.17) is 28.4 Å². The number of carbonyl (C=O) groups is 3. The van der Waals surface area contributed by atoms with Crippen molar-refractivity contribution >= 4 is 18.0 Å². The number of hydrogen-bond acceptors (Lipinski definition) is 9. The van der Waals surface area contributed by atoms with Crippen molar-refractivity contribution in [3.8, 4) is 0 Å². The number of nitrogens with one attached hydrogen (secondary N) is 2. The van der Waals surface area contributed by atoms with Gasteiger partial charge in [0.25, 0.3) is 0 Å². The van der Waals surface area contributed by atoms with Crippen LogP contribution in [-0.4, -0.2) is 73.7 Å². The van der Waals surface area contributed by atoms with E-state index in [0.29, 0.717) is 41.8 Å². The van der Waals surface area contributed by atoms with Gasteiger partial charge in [-0.25, -0.2) is 14.4 Å². The van der Waals surface area contributed by atoms with Crippen LogP contribution in [0, 0.1) is 0 Å². The minimum atomic E-state index is -0.523. The molecule has 12 heteroatoms. The maximum Gasteiger partial charge on any atom is 0.418 e. The van der Waals surface area contributed by atoms with Gasteiger partial charge in [0.05, 0.1) is 39.6 Å². The minimum Gasteiger partial charge on any atom is -0.461 e. The van der Waals surface area contributed by atoms with Crippen molar-refractivity contribution in [1.82, 2.24) is 14.5 Å². The molecule has 1 aliphatic carbocycles. The summed E-state index contributed by atoms with van der Waals surface area (Å²) in [5.41, 5.74) is 7.35. The summed E-state index contributed by atoms with van der Waals surface area (Å²) >= 11 is 0. The number of aromatic amines is 2. The zero-order valence-electron chi connectivity index (χ0n) is 25.1. The molecule has 0 aliphatic heterocycles. The van der Waals surface area contributed by atoms with Gasteiger partial charge in [-0.1, -0.05) is 0 Å². The lowest BCUT2D eigenvalue weighted by Gasteiger charge is -2.12. The van der Waals surface area contributed by atoms with E-state index in [2.05, 4.69) is 9.97 Å². The summed E-state index contributed by atoms with van der Waals surface area (Å²) in [6.45, 7) is 6.40. The van der Waals surface area contributed by atoms with Crippen LogP contribution >= 0.6 is 0 Å². The monoisotopic (exact) mass is 585 g/mol. The maximum absolute atomic E-state index is 13.2. The molecule has 12 nitrogen and oxygen atoms in total. The molecule has 1 aliphatic rings. The van der Waals surface area contributed by atoms with E-state index in [1.807, 2.05) is 0 Å². The SMILES string of the molecule is CCOC(=O)c1[nH]c2c(c1COC)Cc1[nH]c(C(=O)OCC)c(COC)c1Cc1c(c(COC)cn1C(=O)OCC)C2. The van der Waals surface area contributed by atoms with Crippen LogP contribution in [0.4, 0.5) is 4.79 Å². The molecule has 228 valence electrons. The average Bonchev–Trinajstić information content (AvgIpc) is 3.59. The predicted molar refractivity (Wildman–Crippen MR) is 151 cm³/mol. The zero-order chi connectivity index (χ0) is 30.4. The average molecular weight is 586 g/mol. The Hall–Kier alpha value is -3.87. The van der Waals surface area contributed by atoms with E-state index < -0.39 is 18.0 Å². The first-order chi connectivity index (χ1) is 20.3. The van der Waals surface area contributed by atoms with Crippen molar-refractivity contribution in [2.24, 2.45) is 0 Å². The van der Waals surface area contributed by atoms with E-state index in [1.54, 1.807) is 48.3 Å². The molecule has 0 aromatic carbocycles. The molecule has 2 N–H and O–H groups in total. The summed E-state index contributed by atoms with van der Waals surface area (Å²) in [4.78, 5) is 45.9. The molecule has 4 rings (SSSR count). The fourth-order valence-electron chi connectivity index (χ4n) is 5.57. The minimum absolute atomic E-state index is 0.138. The Morgan fingerprint density at radius 3 is 1.64 bits per heavy atom. The van der Waals surface area contributed by atoms with E-state index in [-0.39, 0.29) is 45.3 Å². The van der Waals surface area contributed by atoms with Crippen molar-refractivity contribution in [1.29, 1.82) is 0 Å². The Balaban J connectivity index is 2.06. The second-order valence-electron chi connectivity index (χ2n) is 9.79. The van der Waals surface area contributed by atoms with Crippen LogP contribution in [0.3, 0.4) is 0 Å². The first-order valence-corrected chi connectivity index (χ1v) is 14.0. The molecular formula is C30H39N3O9. The standard InChI is InChI=1S/C30H39N3O9/c1-7-40-28(34)26-21(15-38-5)19-11-24-20(22(16-39-6)27(32-24)29(35)41-8-2)12-25-18(10-23(19)31-26)17(14-37-4)13-33(25)30(36)42-9-3/h13,31-32H,7-12,14-16H2,1-6H3. The van der Waals surface area contributed by atoms with Crippen LogP contribution in [0.1, 0.15) is 92.2 Å². The molecule has 3 aromatic heterocycles. The number of rotatable bonds is 11. The quantitative estimate of drug-likeness (QED) is 0.197. The van der Waals surface area contributed by atoms with Gasteiger partial charge in [-0.2, -0.15) is 0 Å². The first-order valence-electron chi connectivity index (χ1n) is 14.0. The van der Waals surface area contributed by atoms with Crippen molar-refractivity contribution in [3.05, 3.63) is 68.0 Å². The fraction of sp³-hybridized carbons (Fsp3) is 0.500. The predicted octanol–water partition coefficient (Wildman–Crippen LogP) is 4.03. The summed E-state index contributed by atoms with van der Waals surface area (Å²) in [5.74, 6) is -0.997. The second-order valence-corrected chi connectivity index (χ2v) is 9.79. The number of fused-ring (bicyclic) bond motifs is 3. The van der Waals surface area contributed by atoms with Crippen LogP contribution in [0.25, 0.3) is 0 Å². The molecule has 3 aromatic rings. The lowest BCUT2D eigenvalue weighted by atomic mass is 9.98. The van der Waals surface area contributed by atoms with Gasteiger partial charge < -0.3 is 38.4 Å². The number of esters is 2. The van der Waals surface area contributed by atoms with Gasteiger partial charge in [0.2, 0.25) is 0 Å². The number of H-pyrrole nitrogens is 2. The largest absolute Gasteiger partial charge is 0.461 e. The van der Waals surface area contributed by atoms with Crippen molar-refractivity contribution < 1.29 is 42.8 Å². The van der Waals surface area contributed by atoms with E-state index >= 15 is 0 Å². The highest BCUT2D eigenvalue weighted by molar-refractivity contribution is 5.91. The number of hydrogen-bond donors (Lipinski definition) is 2. The molecule has 0 atom stereocenters. The van der Waals surface area contributed by atoms with E-state index in [9.17, 15) is 14.4 Å². The first kappa shape index (κ1) is 31.1. The third-order valence-electron chi connectivity index (χ3n) is 7.28. The van der Waals surface area contributed by atoms with Crippen LogP contribution in [0.5, 0.6) is 0 Å². The van der Waals surface area contributed by atoms with Crippen LogP contribution in [0.2, 0.25) is 0 Å². The second kappa shape index (κ2) is 13.9. The van der Waals surface area contributed by atoms with E-state index in [0.717, 1.165) is 33.6 Å². The van der Waals surface area contributed by atoms with E-state index in [1.165, 1.54) is 4.57 Å². The topological polar surface area (TPSA) is 143 Å². The van der Waals surface area contributed by atoms with Gasteiger partial charge >= 0.3 is 18.0 Å². The van der Waals surface area contributed by atoms with Gasteiger partial charge in [0.1, 0.15) is 11.4 Å². The Morgan fingerprint density at radius 2 is 1.17 bits per heavy atom. The Bertz CT molecular complexity index is 1450. The maximum atomic E-state index is 13.2. The third-order valence-corrected chi connectivity index (χ3v) is 7.28. The lowest BCUT2D eigenvalue weighted by molar-refractivity contribution is 0.0506. The van der Waals surface area contributed by atoms with Gasteiger partial charge in [0.15, 0.2) is 0 Å². The normalized spacial score (nSPS) is 12.4. The molecule has 0 fully saturated rings. The lowest BCUT2D eigenvalue weighted by Crippen LogP contribution is -2.17. The van der Waals surface area contributed by atoms with Crippen molar-refractivity contribution in [2.75, 3.05) is 41.2 Å². The summed E-state index contributed by atoms with van der Waals surface area (Å²) in [5, 5.41) is 0. The van der Waals surface area contributed by atoms with Gasteiger partial charge in [0, 0.05) is 75.0 Å². The molecular weight excluding hydrogens is 546 g/mol. The Morgan fingerprint density at radius 1 is 0.690 bits per heavy atom.